The molecule has 4 rings (SSSR count). The molecule has 0 saturated carbocycles. The third-order valence-electron chi connectivity index (χ3n) is 5.21. The van der Waals surface area contributed by atoms with E-state index in [1.165, 1.54) is 11.3 Å². The molecule has 7 heteroatoms. The van der Waals surface area contributed by atoms with Crippen LogP contribution in [0.3, 0.4) is 0 Å². The van der Waals surface area contributed by atoms with Crippen molar-refractivity contribution in [3.05, 3.63) is 46.2 Å². The normalized spacial score (nSPS) is 19.0. The van der Waals surface area contributed by atoms with Crippen LogP contribution in [0.5, 0.6) is 0 Å². The van der Waals surface area contributed by atoms with Crippen molar-refractivity contribution < 1.29 is 14.3 Å². The fourth-order valence-corrected chi connectivity index (χ4v) is 4.36. The molecule has 1 aromatic carbocycles. The van der Waals surface area contributed by atoms with E-state index >= 15 is 0 Å². The molecule has 3 heterocycles. The minimum Gasteiger partial charge on any atom is -0.376 e. The Balaban J connectivity index is 1.53. The van der Waals surface area contributed by atoms with Crippen molar-refractivity contribution in [2.45, 2.75) is 31.8 Å². The zero-order valence-electron chi connectivity index (χ0n) is 15.8. The Morgan fingerprint density at radius 2 is 2.00 bits per heavy atom. The SMILES string of the molecule is O=C(Nc1ccc(N2CCCC2)c(C(=O)NCC2CCCO2)c1)c1cccs1. The van der Waals surface area contributed by atoms with Crippen LogP contribution in [-0.4, -0.2) is 44.2 Å². The van der Waals surface area contributed by atoms with Crippen LogP contribution in [0, 0.1) is 0 Å². The molecular formula is C21H25N3O3S. The Bertz CT molecular complexity index is 825. The lowest BCUT2D eigenvalue weighted by molar-refractivity contribution is 0.0858. The molecule has 6 nitrogen and oxygen atoms in total. The second kappa shape index (κ2) is 8.75. The van der Waals surface area contributed by atoms with Gasteiger partial charge in [-0.15, -0.1) is 11.3 Å². The highest BCUT2D eigenvalue weighted by molar-refractivity contribution is 7.12. The lowest BCUT2D eigenvalue weighted by Crippen LogP contribution is -2.33. The number of carbonyl (C=O) groups excluding carboxylic acids is 2. The summed E-state index contributed by atoms with van der Waals surface area (Å²) in [5.41, 5.74) is 2.16. The molecule has 2 aromatic rings. The number of rotatable bonds is 6. The number of hydrogen-bond acceptors (Lipinski definition) is 5. The van der Waals surface area contributed by atoms with Gasteiger partial charge in [-0.1, -0.05) is 6.07 Å². The third-order valence-corrected chi connectivity index (χ3v) is 6.07. The van der Waals surface area contributed by atoms with Crippen LogP contribution in [0.15, 0.2) is 35.7 Å². The molecule has 1 aromatic heterocycles. The number of nitrogens with one attached hydrogen (secondary N) is 2. The van der Waals surface area contributed by atoms with Crippen molar-refractivity contribution in [2.24, 2.45) is 0 Å². The van der Waals surface area contributed by atoms with Crippen molar-refractivity contribution >= 4 is 34.5 Å². The van der Waals surface area contributed by atoms with Crippen LogP contribution in [0.25, 0.3) is 0 Å². The number of anilines is 2. The van der Waals surface area contributed by atoms with Gasteiger partial charge in [-0.2, -0.15) is 0 Å². The van der Waals surface area contributed by atoms with Gasteiger partial charge < -0.3 is 20.3 Å². The Morgan fingerprint density at radius 1 is 1.14 bits per heavy atom. The van der Waals surface area contributed by atoms with Crippen molar-refractivity contribution in [2.75, 3.05) is 36.5 Å². The summed E-state index contributed by atoms with van der Waals surface area (Å²) in [4.78, 5) is 28.2. The Morgan fingerprint density at radius 3 is 2.71 bits per heavy atom. The van der Waals surface area contributed by atoms with E-state index in [4.69, 9.17) is 4.74 Å². The first kappa shape index (κ1) is 19.0. The van der Waals surface area contributed by atoms with Gasteiger partial charge in [0, 0.05) is 37.6 Å². The van der Waals surface area contributed by atoms with Crippen LogP contribution in [0.1, 0.15) is 45.7 Å². The van der Waals surface area contributed by atoms with Crippen molar-refractivity contribution in [3.63, 3.8) is 0 Å². The maximum Gasteiger partial charge on any atom is 0.265 e. The number of amides is 2. The number of ether oxygens (including phenoxy) is 1. The lowest BCUT2D eigenvalue weighted by atomic mass is 10.1. The molecule has 1 unspecified atom stereocenters. The first-order valence-electron chi connectivity index (χ1n) is 9.84. The average molecular weight is 400 g/mol. The molecule has 2 amide bonds. The summed E-state index contributed by atoms with van der Waals surface area (Å²) < 4.78 is 5.61. The predicted octanol–water partition coefficient (Wildman–Crippen LogP) is 3.51. The quantitative estimate of drug-likeness (QED) is 0.780. The predicted molar refractivity (Wildman–Crippen MR) is 111 cm³/mol. The highest BCUT2D eigenvalue weighted by Crippen LogP contribution is 2.28. The molecule has 2 aliphatic rings. The van der Waals surface area contributed by atoms with Gasteiger partial charge in [0.1, 0.15) is 0 Å². The summed E-state index contributed by atoms with van der Waals surface area (Å²) in [5, 5.41) is 7.78. The van der Waals surface area contributed by atoms with E-state index in [0.717, 1.165) is 51.1 Å². The molecule has 2 fully saturated rings. The summed E-state index contributed by atoms with van der Waals surface area (Å²) in [6, 6.07) is 9.23. The Hall–Kier alpha value is -2.38. The van der Waals surface area contributed by atoms with Crippen molar-refractivity contribution in [1.82, 2.24) is 5.32 Å². The highest BCUT2D eigenvalue weighted by Gasteiger charge is 2.22. The van der Waals surface area contributed by atoms with Gasteiger partial charge in [0.25, 0.3) is 11.8 Å². The van der Waals surface area contributed by atoms with Gasteiger partial charge in [-0.25, -0.2) is 0 Å². The van der Waals surface area contributed by atoms with Crippen molar-refractivity contribution in [3.8, 4) is 0 Å². The molecule has 0 radical (unpaired) electrons. The van der Waals surface area contributed by atoms with E-state index in [0.29, 0.717) is 22.7 Å². The average Bonchev–Trinajstić information content (AvgIpc) is 3.49. The zero-order valence-corrected chi connectivity index (χ0v) is 16.6. The number of benzene rings is 1. The number of hydrogen-bond donors (Lipinski definition) is 2. The van der Waals surface area contributed by atoms with Crippen LogP contribution >= 0.6 is 11.3 Å². The van der Waals surface area contributed by atoms with Crippen LogP contribution in [0.2, 0.25) is 0 Å². The molecule has 1 atom stereocenters. The highest BCUT2D eigenvalue weighted by atomic mass is 32.1. The van der Waals surface area contributed by atoms with Gasteiger partial charge in [0.15, 0.2) is 0 Å². The summed E-state index contributed by atoms with van der Waals surface area (Å²) in [7, 11) is 0. The van der Waals surface area contributed by atoms with Crippen molar-refractivity contribution in [1.29, 1.82) is 0 Å². The second-order valence-electron chi connectivity index (χ2n) is 7.20. The minimum atomic E-state index is -0.158. The van der Waals surface area contributed by atoms with Gasteiger partial charge in [0.05, 0.1) is 16.5 Å². The fourth-order valence-electron chi connectivity index (χ4n) is 3.74. The third kappa shape index (κ3) is 4.36. The Kier molecular flexibility index (Phi) is 5.92. The first-order valence-corrected chi connectivity index (χ1v) is 10.7. The molecule has 0 bridgehead atoms. The molecule has 0 spiro atoms. The van der Waals surface area contributed by atoms with E-state index in [-0.39, 0.29) is 17.9 Å². The topological polar surface area (TPSA) is 70.7 Å². The van der Waals surface area contributed by atoms with E-state index in [1.54, 1.807) is 12.1 Å². The van der Waals surface area contributed by atoms with Crippen LogP contribution in [-0.2, 0) is 4.74 Å². The first-order chi connectivity index (χ1) is 13.7. The van der Waals surface area contributed by atoms with E-state index < -0.39 is 0 Å². The molecule has 148 valence electrons. The minimum absolute atomic E-state index is 0.0981. The fraction of sp³-hybridized carbons (Fsp3) is 0.429. The number of thiophene rings is 1. The summed E-state index contributed by atoms with van der Waals surface area (Å²) in [6.45, 7) is 3.19. The monoisotopic (exact) mass is 399 g/mol. The molecule has 2 aliphatic heterocycles. The second-order valence-corrected chi connectivity index (χ2v) is 8.15. The Labute approximate surface area is 168 Å². The standard InChI is InChI=1S/C21H25N3O3S/c25-20(22-14-16-5-3-11-27-16)17-13-15(23-21(26)19-6-4-12-28-19)7-8-18(17)24-9-1-2-10-24/h4,6-8,12-13,16H,1-3,5,9-11,14H2,(H,22,25)(H,23,26). The maximum atomic E-state index is 12.9. The summed E-state index contributed by atoms with van der Waals surface area (Å²) in [6.07, 6.45) is 4.39. The lowest BCUT2D eigenvalue weighted by Gasteiger charge is -2.22. The smallest absolute Gasteiger partial charge is 0.265 e. The summed E-state index contributed by atoms with van der Waals surface area (Å²) >= 11 is 1.39. The molecule has 0 aliphatic carbocycles. The molecule has 2 N–H and O–H groups in total. The summed E-state index contributed by atoms with van der Waals surface area (Å²) in [5.74, 6) is -0.278. The molecule has 28 heavy (non-hydrogen) atoms. The zero-order chi connectivity index (χ0) is 19.3. The van der Waals surface area contributed by atoms with Gasteiger partial charge in [-0.05, 0) is 55.3 Å². The van der Waals surface area contributed by atoms with Gasteiger partial charge in [-0.3, -0.25) is 9.59 Å². The molecule has 2 saturated heterocycles. The van der Waals surface area contributed by atoms with Crippen LogP contribution < -0.4 is 15.5 Å². The van der Waals surface area contributed by atoms with E-state index in [2.05, 4.69) is 15.5 Å². The molecular weight excluding hydrogens is 374 g/mol. The number of nitrogens with zero attached hydrogens (tertiary/aromatic N) is 1. The number of carbonyl (C=O) groups is 2. The largest absolute Gasteiger partial charge is 0.376 e. The maximum absolute atomic E-state index is 12.9. The van der Waals surface area contributed by atoms with Crippen LogP contribution in [0.4, 0.5) is 11.4 Å². The van der Waals surface area contributed by atoms with Gasteiger partial charge >= 0.3 is 0 Å². The van der Waals surface area contributed by atoms with E-state index in [9.17, 15) is 9.59 Å². The van der Waals surface area contributed by atoms with E-state index in [1.807, 2.05) is 23.6 Å². The van der Waals surface area contributed by atoms with Gasteiger partial charge in [0.2, 0.25) is 0 Å².